The van der Waals surface area contributed by atoms with Gasteiger partial charge >= 0.3 is 0 Å². The Morgan fingerprint density at radius 3 is 2.40 bits per heavy atom. The molecule has 0 amide bonds. The van der Waals surface area contributed by atoms with Crippen LogP contribution < -0.4 is 5.73 Å². The smallest absolute Gasteiger partial charge is 0.0323 e. The molecule has 82 valence electrons. The third-order valence-electron chi connectivity index (χ3n) is 3.24. The maximum absolute atomic E-state index is 6.28. The first kappa shape index (κ1) is 11.6. The van der Waals surface area contributed by atoms with E-state index in [0.717, 1.165) is 8.95 Å². The van der Waals surface area contributed by atoms with Crippen LogP contribution in [0.1, 0.15) is 37.3 Å². The molecule has 0 heterocycles. The summed E-state index contributed by atoms with van der Waals surface area (Å²) in [4.78, 5) is 0. The zero-order chi connectivity index (χ0) is 10.8. The minimum absolute atomic E-state index is 0.205. The summed E-state index contributed by atoms with van der Waals surface area (Å²) in [7, 11) is 0. The minimum atomic E-state index is 0.205. The average molecular weight is 333 g/mol. The predicted octanol–water partition coefficient (Wildman–Crippen LogP) is 4.40. The van der Waals surface area contributed by atoms with Gasteiger partial charge in [0, 0.05) is 15.0 Å². The zero-order valence-electron chi connectivity index (χ0n) is 8.55. The average Bonchev–Trinajstić information content (AvgIpc) is 2.74. The molecule has 0 spiro atoms. The van der Waals surface area contributed by atoms with Gasteiger partial charge in [-0.1, -0.05) is 18.9 Å². The first-order valence-corrected chi connectivity index (χ1v) is 6.97. The molecule has 1 fully saturated rings. The number of rotatable bonds is 2. The molecule has 1 aromatic carbocycles. The zero-order valence-corrected chi connectivity index (χ0v) is 11.7. The molecule has 1 atom stereocenters. The highest BCUT2D eigenvalue weighted by molar-refractivity contribution is 9.13. The molecule has 0 radical (unpaired) electrons. The highest BCUT2D eigenvalue weighted by Gasteiger charge is 2.23. The topological polar surface area (TPSA) is 26.0 Å². The molecule has 0 saturated heterocycles. The highest BCUT2D eigenvalue weighted by atomic mass is 79.9. The molecule has 1 nitrogen and oxygen atoms in total. The van der Waals surface area contributed by atoms with Crippen LogP contribution in [-0.2, 0) is 0 Å². The van der Waals surface area contributed by atoms with Crippen molar-refractivity contribution < 1.29 is 0 Å². The van der Waals surface area contributed by atoms with Gasteiger partial charge < -0.3 is 5.73 Å². The van der Waals surface area contributed by atoms with Crippen molar-refractivity contribution >= 4 is 31.9 Å². The van der Waals surface area contributed by atoms with Gasteiger partial charge in [0.15, 0.2) is 0 Å². The van der Waals surface area contributed by atoms with Gasteiger partial charge in [-0.25, -0.2) is 0 Å². The number of nitrogens with two attached hydrogens (primary N) is 1. The van der Waals surface area contributed by atoms with Gasteiger partial charge in [0.25, 0.3) is 0 Å². The lowest BCUT2D eigenvalue weighted by Crippen LogP contribution is -2.18. The molecule has 2 rings (SSSR count). The third kappa shape index (κ3) is 2.63. The lowest BCUT2D eigenvalue weighted by molar-refractivity contribution is 0.445. The van der Waals surface area contributed by atoms with E-state index >= 15 is 0 Å². The SMILES string of the molecule is N[C@H](c1ccc(Br)c(Br)c1)C1CCCC1. The van der Waals surface area contributed by atoms with Crippen LogP contribution in [0.4, 0.5) is 0 Å². The number of benzene rings is 1. The Bertz CT molecular complexity index is 345. The van der Waals surface area contributed by atoms with Crippen molar-refractivity contribution in [1.29, 1.82) is 0 Å². The minimum Gasteiger partial charge on any atom is -0.324 e. The van der Waals surface area contributed by atoms with E-state index in [9.17, 15) is 0 Å². The van der Waals surface area contributed by atoms with Crippen LogP contribution in [0.2, 0.25) is 0 Å². The van der Waals surface area contributed by atoms with Gasteiger partial charge in [-0.2, -0.15) is 0 Å². The Hall–Kier alpha value is 0.140. The third-order valence-corrected chi connectivity index (χ3v) is 5.12. The fourth-order valence-corrected chi connectivity index (χ4v) is 2.95. The summed E-state index contributed by atoms with van der Waals surface area (Å²) in [6.07, 6.45) is 5.26. The van der Waals surface area contributed by atoms with E-state index in [-0.39, 0.29) is 6.04 Å². The molecule has 0 unspecified atom stereocenters. The normalized spacial score (nSPS) is 19.4. The molecule has 0 aromatic heterocycles. The molecule has 3 heteroatoms. The number of halogens is 2. The predicted molar refractivity (Wildman–Crippen MR) is 70.7 cm³/mol. The summed E-state index contributed by atoms with van der Waals surface area (Å²) >= 11 is 6.99. The molecule has 1 aliphatic carbocycles. The molecule has 0 bridgehead atoms. The van der Waals surface area contributed by atoms with Crippen molar-refractivity contribution in [1.82, 2.24) is 0 Å². The summed E-state index contributed by atoms with van der Waals surface area (Å²) in [5, 5.41) is 0. The second-order valence-electron chi connectivity index (χ2n) is 4.24. The summed E-state index contributed by atoms with van der Waals surface area (Å²) in [6, 6.07) is 6.52. The maximum atomic E-state index is 6.28. The van der Waals surface area contributed by atoms with Crippen molar-refractivity contribution in [3.8, 4) is 0 Å². The Labute approximate surface area is 108 Å². The Morgan fingerprint density at radius 2 is 1.80 bits per heavy atom. The molecule has 1 aromatic rings. The molecule has 1 aliphatic rings. The fraction of sp³-hybridized carbons (Fsp3) is 0.500. The molecular formula is C12H15Br2N. The Morgan fingerprint density at radius 1 is 1.13 bits per heavy atom. The van der Waals surface area contributed by atoms with Crippen LogP contribution >= 0.6 is 31.9 Å². The quantitative estimate of drug-likeness (QED) is 0.853. The van der Waals surface area contributed by atoms with Gasteiger partial charge in [0.2, 0.25) is 0 Å². The van der Waals surface area contributed by atoms with Crippen LogP contribution in [0, 0.1) is 5.92 Å². The molecule has 15 heavy (non-hydrogen) atoms. The van der Waals surface area contributed by atoms with Crippen molar-refractivity contribution in [2.75, 3.05) is 0 Å². The van der Waals surface area contributed by atoms with Gasteiger partial charge in [0.1, 0.15) is 0 Å². The van der Waals surface area contributed by atoms with Crippen LogP contribution in [0.3, 0.4) is 0 Å². The number of hydrogen-bond acceptors (Lipinski definition) is 1. The molecular weight excluding hydrogens is 318 g/mol. The Balaban J connectivity index is 2.17. The van der Waals surface area contributed by atoms with Crippen LogP contribution in [0.25, 0.3) is 0 Å². The van der Waals surface area contributed by atoms with E-state index in [1.165, 1.54) is 31.2 Å². The van der Waals surface area contributed by atoms with Gasteiger partial charge in [-0.15, -0.1) is 0 Å². The summed E-state index contributed by atoms with van der Waals surface area (Å²) < 4.78 is 2.18. The second kappa shape index (κ2) is 4.98. The Kier molecular flexibility index (Phi) is 3.86. The van der Waals surface area contributed by atoms with Crippen molar-refractivity contribution in [2.24, 2.45) is 11.7 Å². The monoisotopic (exact) mass is 331 g/mol. The summed E-state index contributed by atoms with van der Waals surface area (Å²) in [5.41, 5.74) is 7.53. The van der Waals surface area contributed by atoms with Crippen molar-refractivity contribution in [3.63, 3.8) is 0 Å². The first-order chi connectivity index (χ1) is 7.18. The lowest BCUT2D eigenvalue weighted by atomic mass is 9.93. The summed E-state index contributed by atoms with van der Waals surface area (Å²) in [6.45, 7) is 0. The number of hydrogen-bond donors (Lipinski definition) is 1. The molecule has 1 saturated carbocycles. The largest absolute Gasteiger partial charge is 0.324 e. The van der Waals surface area contributed by atoms with E-state index in [4.69, 9.17) is 5.73 Å². The highest BCUT2D eigenvalue weighted by Crippen LogP contribution is 2.35. The summed E-state index contributed by atoms with van der Waals surface area (Å²) in [5.74, 6) is 0.679. The van der Waals surface area contributed by atoms with Gasteiger partial charge in [-0.05, 0) is 68.3 Å². The fourth-order valence-electron chi connectivity index (χ4n) is 2.31. The van der Waals surface area contributed by atoms with E-state index in [0.29, 0.717) is 5.92 Å². The van der Waals surface area contributed by atoms with Crippen LogP contribution in [0.15, 0.2) is 27.1 Å². The van der Waals surface area contributed by atoms with E-state index in [2.05, 4.69) is 50.1 Å². The van der Waals surface area contributed by atoms with E-state index in [1.807, 2.05) is 0 Å². The molecule has 2 N–H and O–H groups in total. The first-order valence-electron chi connectivity index (χ1n) is 5.39. The van der Waals surface area contributed by atoms with Crippen LogP contribution in [0.5, 0.6) is 0 Å². The standard InChI is InChI=1S/C12H15Br2N/c13-10-6-5-9(7-11(10)14)12(15)8-3-1-2-4-8/h5-8,12H,1-4,15H2/t12-/m0/s1. The van der Waals surface area contributed by atoms with E-state index < -0.39 is 0 Å². The molecule has 0 aliphatic heterocycles. The van der Waals surface area contributed by atoms with Gasteiger partial charge in [-0.3, -0.25) is 0 Å². The van der Waals surface area contributed by atoms with Crippen molar-refractivity contribution in [2.45, 2.75) is 31.7 Å². The lowest BCUT2D eigenvalue weighted by Gasteiger charge is -2.19. The maximum Gasteiger partial charge on any atom is 0.0323 e. The van der Waals surface area contributed by atoms with Crippen molar-refractivity contribution in [3.05, 3.63) is 32.7 Å². The second-order valence-corrected chi connectivity index (χ2v) is 5.95. The van der Waals surface area contributed by atoms with Gasteiger partial charge in [0.05, 0.1) is 0 Å². The van der Waals surface area contributed by atoms with Crippen LogP contribution in [-0.4, -0.2) is 0 Å². The van der Waals surface area contributed by atoms with E-state index in [1.54, 1.807) is 0 Å².